The average Bonchev–Trinajstić information content (AvgIpc) is 2.87. The van der Waals surface area contributed by atoms with E-state index in [-0.39, 0.29) is 22.5 Å². The van der Waals surface area contributed by atoms with Gasteiger partial charge in [0.2, 0.25) is 5.95 Å². The van der Waals surface area contributed by atoms with Gasteiger partial charge in [0.15, 0.2) is 15.3 Å². The highest BCUT2D eigenvalue weighted by Gasteiger charge is 2.15. The number of aromatic nitrogens is 5. The zero-order chi connectivity index (χ0) is 16.6. The van der Waals surface area contributed by atoms with Crippen LogP contribution in [-0.4, -0.2) is 30.3 Å². The van der Waals surface area contributed by atoms with Crippen molar-refractivity contribution in [2.24, 2.45) is 0 Å². The lowest BCUT2D eigenvalue weighted by molar-refractivity contribution is 0.476. The van der Waals surface area contributed by atoms with Gasteiger partial charge < -0.3 is 10.8 Å². The Balaban J connectivity index is 2.02. The minimum absolute atomic E-state index is 0.0317. The number of hydrogen-bond donors (Lipinski definition) is 2. The summed E-state index contributed by atoms with van der Waals surface area (Å²) in [4.78, 5) is 12.4. The Hall–Kier alpha value is -1.68. The fourth-order valence-corrected chi connectivity index (χ4v) is 3.79. The molecule has 23 heavy (non-hydrogen) atoms. The van der Waals surface area contributed by atoms with Gasteiger partial charge in [-0.2, -0.15) is 9.97 Å². The molecule has 0 amide bonds. The molecule has 0 aliphatic heterocycles. The number of halogens is 2. The fraction of sp³-hybridized carbons (Fsp3) is 0.0833. The predicted molar refractivity (Wildman–Crippen MR) is 90.1 cm³/mol. The van der Waals surface area contributed by atoms with E-state index in [1.165, 1.54) is 35.2 Å². The number of nitrogens with two attached hydrogens (primary N) is 1. The predicted octanol–water partition coefficient (Wildman–Crippen LogP) is 3.44. The SMILES string of the molecule is Cc1nnc(Sc2nc(N)nc(-c3cc(O)c(Cl)cc3Cl)n2)s1. The number of phenolic OH excluding ortho intramolecular Hbond substituents is 1. The highest BCUT2D eigenvalue weighted by Crippen LogP contribution is 2.36. The largest absolute Gasteiger partial charge is 0.506 e. The summed E-state index contributed by atoms with van der Waals surface area (Å²) in [5.74, 6) is 0.140. The molecule has 2 heterocycles. The van der Waals surface area contributed by atoms with E-state index in [9.17, 15) is 5.11 Å². The Morgan fingerprint density at radius 2 is 1.91 bits per heavy atom. The van der Waals surface area contributed by atoms with Crippen LogP contribution in [0.1, 0.15) is 5.01 Å². The second kappa shape index (κ2) is 6.44. The summed E-state index contributed by atoms with van der Waals surface area (Å²) in [6.07, 6.45) is 0. The molecule has 0 saturated carbocycles. The molecule has 0 aliphatic carbocycles. The first-order chi connectivity index (χ1) is 10.9. The van der Waals surface area contributed by atoms with Crippen LogP contribution in [0.5, 0.6) is 5.75 Å². The Labute approximate surface area is 148 Å². The summed E-state index contributed by atoms with van der Waals surface area (Å²) >= 11 is 14.6. The first-order valence-corrected chi connectivity index (χ1v) is 8.49. The number of hydrogen-bond acceptors (Lipinski definition) is 9. The topological polar surface area (TPSA) is 111 Å². The van der Waals surface area contributed by atoms with Gasteiger partial charge in [-0.25, -0.2) is 4.98 Å². The molecule has 3 N–H and O–H groups in total. The molecule has 118 valence electrons. The Morgan fingerprint density at radius 3 is 2.61 bits per heavy atom. The van der Waals surface area contributed by atoms with Crippen LogP contribution in [0, 0.1) is 6.92 Å². The molecule has 11 heteroatoms. The number of benzene rings is 1. The van der Waals surface area contributed by atoms with Gasteiger partial charge in [-0.1, -0.05) is 34.5 Å². The zero-order valence-electron chi connectivity index (χ0n) is 11.5. The van der Waals surface area contributed by atoms with Crippen LogP contribution in [0.15, 0.2) is 21.6 Å². The summed E-state index contributed by atoms with van der Waals surface area (Å²) in [6.45, 7) is 1.85. The summed E-state index contributed by atoms with van der Waals surface area (Å²) in [6, 6.07) is 2.79. The number of rotatable bonds is 3. The van der Waals surface area contributed by atoms with E-state index in [0.29, 0.717) is 20.1 Å². The van der Waals surface area contributed by atoms with Crippen LogP contribution in [0.25, 0.3) is 11.4 Å². The Kier molecular flexibility index (Phi) is 4.53. The minimum atomic E-state index is -0.126. The van der Waals surface area contributed by atoms with Crippen LogP contribution < -0.4 is 5.73 Å². The van der Waals surface area contributed by atoms with Gasteiger partial charge in [0.05, 0.1) is 10.0 Å². The summed E-state index contributed by atoms with van der Waals surface area (Å²) in [7, 11) is 0. The van der Waals surface area contributed by atoms with Crippen molar-refractivity contribution in [2.45, 2.75) is 16.4 Å². The Morgan fingerprint density at radius 1 is 1.13 bits per heavy atom. The molecule has 0 bridgehead atoms. The molecular weight excluding hydrogens is 379 g/mol. The van der Waals surface area contributed by atoms with Crippen LogP contribution in [-0.2, 0) is 0 Å². The van der Waals surface area contributed by atoms with Crippen molar-refractivity contribution in [3.63, 3.8) is 0 Å². The molecule has 0 fully saturated rings. The molecule has 1 aromatic carbocycles. The number of anilines is 1. The molecular formula is C12H8Cl2N6OS2. The highest BCUT2D eigenvalue weighted by atomic mass is 35.5. The lowest BCUT2D eigenvalue weighted by atomic mass is 10.2. The molecule has 3 aromatic rings. The molecule has 0 aliphatic rings. The number of aromatic hydroxyl groups is 1. The number of nitrogens with zero attached hydrogens (tertiary/aromatic N) is 5. The van der Waals surface area contributed by atoms with E-state index in [2.05, 4.69) is 25.1 Å². The quantitative estimate of drug-likeness (QED) is 0.703. The van der Waals surface area contributed by atoms with E-state index in [0.717, 1.165) is 5.01 Å². The molecule has 2 aromatic heterocycles. The first kappa shape index (κ1) is 16.2. The molecule has 0 spiro atoms. The van der Waals surface area contributed by atoms with E-state index in [4.69, 9.17) is 28.9 Å². The molecule has 7 nitrogen and oxygen atoms in total. The maximum Gasteiger partial charge on any atom is 0.224 e. The maximum absolute atomic E-state index is 9.75. The Bertz CT molecular complexity index is 888. The summed E-state index contributed by atoms with van der Waals surface area (Å²) in [5, 5.41) is 19.3. The second-order valence-electron chi connectivity index (χ2n) is 4.27. The minimum Gasteiger partial charge on any atom is -0.506 e. The van der Waals surface area contributed by atoms with Gasteiger partial charge in [0.25, 0.3) is 0 Å². The number of aryl methyl sites for hydroxylation is 1. The van der Waals surface area contributed by atoms with Crippen LogP contribution >= 0.6 is 46.3 Å². The normalized spacial score (nSPS) is 10.9. The van der Waals surface area contributed by atoms with Gasteiger partial charge in [-0.05, 0) is 30.8 Å². The van der Waals surface area contributed by atoms with E-state index < -0.39 is 0 Å². The van der Waals surface area contributed by atoms with E-state index >= 15 is 0 Å². The standard InChI is InChI=1S/C12H8Cl2N6OS2/c1-4-19-20-12(22-4)23-11-17-9(16-10(15)18-11)5-2-8(21)7(14)3-6(5)13/h2-3,21H,1H3,(H2,15,16,17,18). The lowest BCUT2D eigenvalue weighted by Gasteiger charge is -2.07. The third-order valence-corrected chi connectivity index (χ3v) is 4.97. The first-order valence-electron chi connectivity index (χ1n) is 6.10. The summed E-state index contributed by atoms with van der Waals surface area (Å²) < 4.78 is 0.684. The van der Waals surface area contributed by atoms with Crippen LogP contribution in [0.3, 0.4) is 0 Å². The smallest absolute Gasteiger partial charge is 0.224 e. The van der Waals surface area contributed by atoms with Crippen molar-refractivity contribution >= 4 is 52.2 Å². The number of nitrogen functional groups attached to an aromatic ring is 1. The summed E-state index contributed by atoms with van der Waals surface area (Å²) in [5.41, 5.74) is 6.13. The van der Waals surface area contributed by atoms with Crippen molar-refractivity contribution in [3.8, 4) is 17.1 Å². The third kappa shape index (κ3) is 3.63. The van der Waals surface area contributed by atoms with Crippen molar-refractivity contribution < 1.29 is 5.11 Å². The maximum atomic E-state index is 9.75. The average molecular weight is 387 g/mol. The highest BCUT2D eigenvalue weighted by molar-refractivity contribution is 8.00. The van der Waals surface area contributed by atoms with Crippen molar-refractivity contribution in [3.05, 3.63) is 27.2 Å². The monoisotopic (exact) mass is 386 g/mol. The van der Waals surface area contributed by atoms with Crippen LogP contribution in [0.2, 0.25) is 10.0 Å². The van der Waals surface area contributed by atoms with E-state index in [1.807, 2.05) is 6.92 Å². The van der Waals surface area contributed by atoms with Crippen LogP contribution in [0.4, 0.5) is 5.95 Å². The fourth-order valence-electron chi connectivity index (χ4n) is 1.64. The second-order valence-corrected chi connectivity index (χ2v) is 7.48. The zero-order valence-corrected chi connectivity index (χ0v) is 14.6. The van der Waals surface area contributed by atoms with Gasteiger partial charge in [0.1, 0.15) is 10.8 Å². The van der Waals surface area contributed by atoms with Gasteiger partial charge >= 0.3 is 0 Å². The molecule has 0 unspecified atom stereocenters. The van der Waals surface area contributed by atoms with Gasteiger partial charge in [0, 0.05) is 5.56 Å². The van der Waals surface area contributed by atoms with Gasteiger partial charge in [-0.3, -0.25) is 0 Å². The molecule has 0 radical (unpaired) electrons. The van der Waals surface area contributed by atoms with E-state index in [1.54, 1.807) is 0 Å². The molecule has 0 saturated heterocycles. The van der Waals surface area contributed by atoms with Crippen molar-refractivity contribution in [1.82, 2.24) is 25.1 Å². The number of phenols is 1. The van der Waals surface area contributed by atoms with Crippen molar-refractivity contribution in [2.75, 3.05) is 5.73 Å². The third-order valence-electron chi connectivity index (χ3n) is 2.60. The lowest BCUT2D eigenvalue weighted by Crippen LogP contribution is -2.01. The van der Waals surface area contributed by atoms with Crippen molar-refractivity contribution in [1.29, 1.82) is 0 Å². The molecule has 0 atom stereocenters. The van der Waals surface area contributed by atoms with Gasteiger partial charge in [-0.15, -0.1) is 10.2 Å². The molecule has 3 rings (SSSR count).